The Balaban J connectivity index is 2.11. The molecule has 18 heavy (non-hydrogen) atoms. The summed E-state index contributed by atoms with van der Waals surface area (Å²) in [5, 5.41) is 3.33. The molecule has 2 nitrogen and oxygen atoms in total. The summed E-state index contributed by atoms with van der Waals surface area (Å²) in [5.74, 6) is -0.228. The van der Waals surface area contributed by atoms with Crippen LogP contribution in [-0.4, -0.2) is 6.54 Å². The molecule has 0 saturated carbocycles. The third kappa shape index (κ3) is 3.09. The second kappa shape index (κ2) is 5.98. The van der Waals surface area contributed by atoms with Crippen LogP contribution in [0, 0.1) is 5.82 Å². The maximum absolute atomic E-state index is 12.8. The second-order valence-electron chi connectivity index (χ2n) is 4.10. The van der Waals surface area contributed by atoms with E-state index >= 15 is 0 Å². The van der Waals surface area contributed by atoms with Crippen LogP contribution in [0.25, 0.3) is 0 Å². The van der Waals surface area contributed by atoms with E-state index in [1.54, 1.807) is 23.5 Å². The van der Waals surface area contributed by atoms with Crippen molar-refractivity contribution < 1.29 is 4.39 Å². The number of aryl methyl sites for hydroxylation is 1. The molecule has 2 aromatic rings. The topological polar surface area (TPSA) is 38.0 Å². The van der Waals surface area contributed by atoms with Crippen molar-refractivity contribution in [3.63, 3.8) is 0 Å². The van der Waals surface area contributed by atoms with Crippen LogP contribution in [0.2, 0.25) is 0 Å². The predicted octanol–water partition coefficient (Wildman–Crippen LogP) is 3.56. The van der Waals surface area contributed by atoms with E-state index in [0.29, 0.717) is 6.54 Å². The minimum atomic E-state index is -0.228. The van der Waals surface area contributed by atoms with Gasteiger partial charge in [-0.15, -0.1) is 11.3 Å². The minimum Gasteiger partial charge on any atom is -0.376 e. The average Bonchev–Trinajstić information content (AvgIpc) is 2.87. The summed E-state index contributed by atoms with van der Waals surface area (Å²) >= 11 is 1.77. The zero-order valence-corrected chi connectivity index (χ0v) is 11.1. The third-order valence-electron chi connectivity index (χ3n) is 2.80. The van der Waals surface area contributed by atoms with Crippen molar-refractivity contribution in [3.05, 3.63) is 52.0 Å². The van der Waals surface area contributed by atoms with Crippen LogP contribution in [-0.2, 0) is 6.42 Å². The Morgan fingerprint density at radius 1 is 1.22 bits per heavy atom. The van der Waals surface area contributed by atoms with E-state index in [0.717, 1.165) is 12.1 Å². The van der Waals surface area contributed by atoms with Crippen molar-refractivity contribution in [2.75, 3.05) is 11.9 Å². The molecule has 0 radical (unpaired) electrons. The molecule has 1 heterocycles. The molecule has 0 amide bonds. The van der Waals surface area contributed by atoms with Gasteiger partial charge in [-0.1, -0.05) is 6.92 Å². The molecular weight excluding hydrogens is 247 g/mol. The lowest BCUT2D eigenvalue weighted by Crippen LogP contribution is -2.19. The number of hydrogen-bond donors (Lipinski definition) is 2. The van der Waals surface area contributed by atoms with Crippen molar-refractivity contribution >= 4 is 17.0 Å². The molecule has 0 bridgehead atoms. The van der Waals surface area contributed by atoms with Crippen molar-refractivity contribution in [3.8, 4) is 0 Å². The lowest BCUT2D eigenvalue weighted by molar-refractivity contribution is 0.628. The van der Waals surface area contributed by atoms with Gasteiger partial charge in [0.2, 0.25) is 0 Å². The van der Waals surface area contributed by atoms with E-state index in [9.17, 15) is 4.39 Å². The number of thiophene rings is 1. The fraction of sp³-hybridized carbons (Fsp3) is 0.286. The average molecular weight is 264 g/mol. The zero-order chi connectivity index (χ0) is 13.0. The molecule has 3 N–H and O–H groups in total. The van der Waals surface area contributed by atoms with Crippen molar-refractivity contribution in [1.82, 2.24) is 0 Å². The summed E-state index contributed by atoms with van der Waals surface area (Å²) in [6.07, 6.45) is 1.04. The van der Waals surface area contributed by atoms with Crippen molar-refractivity contribution in [2.45, 2.75) is 19.4 Å². The molecule has 1 unspecified atom stereocenters. The van der Waals surface area contributed by atoms with Gasteiger partial charge in [0.05, 0.1) is 6.04 Å². The summed E-state index contributed by atoms with van der Waals surface area (Å²) in [5.41, 5.74) is 6.69. The van der Waals surface area contributed by atoms with Crippen LogP contribution in [0.15, 0.2) is 36.4 Å². The first-order chi connectivity index (χ1) is 8.72. The maximum atomic E-state index is 12.8. The van der Waals surface area contributed by atoms with E-state index in [1.165, 1.54) is 21.9 Å². The largest absolute Gasteiger partial charge is 0.376 e. The lowest BCUT2D eigenvalue weighted by Gasteiger charge is -2.16. The Bertz CT molecular complexity index is 493. The first-order valence-corrected chi connectivity index (χ1v) is 6.85. The highest BCUT2D eigenvalue weighted by Gasteiger charge is 2.11. The van der Waals surface area contributed by atoms with E-state index in [-0.39, 0.29) is 11.9 Å². The van der Waals surface area contributed by atoms with Gasteiger partial charge in [0.25, 0.3) is 0 Å². The predicted molar refractivity (Wildman–Crippen MR) is 75.5 cm³/mol. The van der Waals surface area contributed by atoms with Crippen LogP contribution in [0.1, 0.15) is 22.7 Å². The van der Waals surface area contributed by atoms with Gasteiger partial charge in [0.15, 0.2) is 0 Å². The standard InChI is InChI=1S/C14H17FN2S/c1-2-12-7-8-14(18-12)13(9-16)17-11-5-3-10(15)4-6-11/h3-8,13,17H,2,9,16H2,1H3. The quantitative estimate of drug-likeness (QED) is 0.866. The highest BCUT2D eigenvalue weighted by atomic mass is 32.1. The number of hydrogen-bond acceptors (Lipinski definition) is 3. The molecule has 0 saturated heterocycles. The number of rotatable bonds is 5. The van der Waals surface area contributed by atoms with Gasteiger partial charge in [0.1, 0.15) is 5.82 Å². The Hall–Kier alpha value is -1.39. The highest BCUT2D eigenvalue weighted by molar-refractivity contribution is 7.12. The number of benzene rings is 1. The van der Waals surface area contributed by atoms with Crippen LogP contribution in [0.5, 0.6) is 0 Å². The van der Waals surface area contributed by atoms with Gasteiger partial charge in [-0.3, -0.25) is 0 Å². The molecular formula is C14H17FN2S. The Morgan fingerprint density at radius 3 is 2.50 bits per heavy atom. The van der Waals surface area contributed by atoms with Gasteiger partial charge in [-0.2, -0.15) is 0 Å². The molecule has 0 fully saturated rings. The summed E-state index contributed by atoms with van der Waals surface area (Å²) in [6, 6.07) is 10.7. The minimum absolute atomic E-state index is 0.0840. The Morgan fingerprint density at radius 2 is 1.94 bits per heavy atom. The highest BCUT2D eigenvalue weighted by Crippen LogP contribution is 2.26. The molecule has 96 valence electrons. The molecule has 1 aromatic carbocycles. The number of anilines is 1. The number of nitrogens with one attached hydrogen (secondary N) is 1. The fourth-order valence-electron chi connectivity index (χ4n) is 1.77. The molecule has 4 heteroatoms. The third-order valence-corrected chi connectivity index (χ3v) is 4.14. The first kappa shape index (κ1) is 13.1. The van der Waals surface area contributed by atoms with Gasteiger partial charge < -0.3 is 11.1 Å². The summed E-state index contributed by atoms with van der Waals surface area (Å²) in [6.45, 7) is 2.65. The van der Waals surface area contributed by atoms with Crippen LogP contribution in [0.3, 0.4) is 0 Å². The van der Waals surface area contributed by atoms with E-state index in [4.69, 9.17) is 5.73 Å². The van der Waals surface area contributed by atoms with Gasteiger partial charge >= 0.3 is 0 Å². The number of halogens is 1. The van der Waals surface area contributed by atoms with Crippen LogP contribution >= 0.6 is 11.3 Å². The SMILES string of the molecule is CCc1ccc(C(CN)Nc2ccc(F)cc2)s1. The smallest absolute Gasteiger partial charge is 0.123 e. The van der Waals surface area contributed by atoms with Crippen molar-refractivity contribution in [2.24, 2.45) is 5.73 Å². The lowest BCUT2D eigenvalue weighted by atomic mass is 10.2. The molecule has 0 aliphatic heterocycles. The molecule has 1 aromatic heterocycles. The zero-order valence-electron chi connectivity index (χ0n) is 10.3. The fourth-order valence-corrected chi connectivity index (χ4v) is 2.78. The first-order valence-electron chi connectivity index (χ1n) is 6.03. The summed E-state index contributed by atoms with van der Waals surface area (Å²) in [7, 11) is 0. The van der Waals surface area contributed by atoms with Crippen LogP contribution in [0.4, 0.5) is 10.1 Å². The van der Waals surface area contributed by atoms with Crippen LogP contribution < -0.4 is 11.1 Å². The molecule has 1 atom stereocenters. The molecule has 0 spiro atoms. The monoisotopic (exact) mass is 264 g/mol. The molecule has 0 aliphatic carbocycles. The Labute approximate surface area is 111 Å². The normalized spacial score (nSPS) is 12.4. The van der Waals surface area contributed by atoms with E-state index in [1.807, 2.05) is 0 Å². The van der Waals surface area contributed by atoms with E-state index in [2.05, 4.69) is 24.4 Å². The number of nitrogens with two attached hydrogens (primary N) is 1. The summed E-state index contributed by atoms with van der Waals surface area (Å²) in [4.78, 5) is 2.57. The molecule has 2 rings (SSSR count). The van der Waals surface area contributed by atoms with Crippen molar-refractivity contribution in [1.29, 1.82) is 0 Å². The Kier molecular flexibility index (Phi) is 4.33. The van der Waals surface area contributed by atoms with E-state index < -0.39 is 0 Å². The maximum Gasteiger partial charge on any atom is 0.123 e. The van der Waals surface area contributed by atoms with Gasteiger partial charge in [-0.05, 0) is 42.8 Å². The second-order valence-corrected chi connectivity index (χ2v) is 5.30. The summed E-state index contributed by atoms with van der Waals surface area (Å²) < 4.78 is 12.8. The molecule has 0 aliphatic rings. The van der Waals surface area contributed by atoms with Gasteiger partial charge in [-0.25, -0.2) is 4.39 Å². The van der Waals surface area contributed by atoms with Gasteiger partial charge in [0, 0.05) is 22.0 Å².